The number of rotatable bonds is 4. The number of imidazole rings is 1. The molecule has 3 heterocycles. The highest BCUT2D eigenvalue weighted by Gasteiger charge is 2.24. The van der Waals surface area contributed by atoms with Crippen LogP contribution in [0.1, 0.15) is 15.5 Å². The Kier molecular flexibility index (Phi) is 4.63. The summed E-state index contributed by atoms with van der Waals surface area (Å²) in [5.74, 6) is 0.961. The number of benzene rings is 1. The number of hydrogen-bond acceptors (Lipinski definition) is 6. The van der Waals surface area contributed by atoms with Crippen molar-refractivity contribution in [2.24, 2.45) is 7.05 Å². The second kappa shape index (κ2) is 7.09. The van der Waals surface area contributed by atoms with Crippen molar-refractivity contribution in [1.82, 2.24) is 19.4 Å². The van der Waals surface area contributed by atoms with Crippen LogP contribution in [0.3, 0.4) is 0 Å². The Hall–Kier alpha value is -2.78. The maximum atomic E-state index is 12.4. The molecule has 1 aromatic carbocycles. The number of thiophene rings is 1. The molecule has 1 fully saturated rings. The molecule has 1 aliphatic heterocycles. The number of aryl methyl sites for hydroxylation is 1. The molecule has 0 bridgehead atoms. The van der Waals surface area contributed by atoms with E-state index >= 15 is 0 Å². The zero-order valence-corrected chi connectivity index (χ0v) is 15.7. The van der Waals surface area contributed by atoms with Crippen molar-refractivity contribution >= 4 is 34.0 Å². The fourth-order valence-corrected chi connectivity index (χ4v) is 4.05. The third-order valence-electron chi connectivity index (χ3n) is 4.92. The van der Waals surface area contributed by atoms with E-state index < -0.39 is 4.92 Å². The standard InChI is InChI=1S/C18H19N5O3S/c1-20-15-5-4-13(23(25)26)11-14(15)19-17(20)12-21-6-8-22(9-7-21)18(24)16-3-2-10-27-16/h2-5,10-11H,6-9,12H2,1H3. The van der Waals surface area contributed by atoms with Gasteiger partial charge in [0.25, 0.3) is 11.6 Å². The highest BCUT2D eigenvalue weighted by atomic mass is 32.1. The number of nitro groups is 1. The third kappa shape index (κ3) is 3.43. The Labute approximate surface area is 159 Å². The summed E-state index contributed by atoms with van der Waals surface area (Å²) in [6.07, 6.45) is 0. The first kappa shape index (κ1) is 17.6. The average molecular weight is 385 g/mol. The molecule has 1 saturated heterocycles. The van der Waals surface area contributed by atoms with Gasteiger partial charge in [0.1, 0.15) is 5.82 Å². The highest BCUT2D eigenvalue weighted by Crippen LogP contribution is 2.22. The highest BCUT2D eigenvalue weighted by molar-refractivity contribution is 7.12. The predicted molar refractivity (Wildman–Crippen MR) is 103 cm³/mol. The number of aromatic nitrogens is 2. The van der Waals surface area contributed by atoms with Gasteiger partial charge in [0, 0.05) is 45.4 Å². The Morgan fingerprint density at radius 1 is 1.26 bits per heavy atom. The second-order valence-electron chi connectivity index (χ2n) is 6.56. The van der Waals surface area contributed by atoms with Gasteiger partial charge < -0.3 is 9.47 Å². The molecular weight excluding hydrogens is 366 g/mol. The summed E-state index contributed by atoms with van der Waals surface area (Å²) in [6.45, 7) is 3.58. The topological polar surface area (TPSA) is 84.5 Å². The molecule has 3 aromatic rings. The van der Waals surface area contributed by atoms with Gasteiger partial charge in [-0.2, -0.15) is 0 Å². The fraction of sp³-hybridized carbons (Fsp3) is 0.333. The number of non-ortho nitro benzene ring substituents is 1. The minimum atomic E-state index is -0.405. The lowest BCUT2D eigenvalue weighted by molar-refractivity contribution is -0.384. The average Bonchev–Trinajstić information content (AvgIpc) is 3.31. The van der Waals surface area contributed by atoms with Gasteiger partial charge in [0.15, 0.2) is 0 Å². The van der Waals surface area contributed by atoms with Gasteiger partial charge in [-0.1, -0.05) is 6.07 Å². The molecule has 0 unspecified atom stereocenters. The van der Waals surface area contributed by atoms with E-state index in [1.165, 1.54) is 23.5 Å². The zero-order valence-electron chi connectivity index (χ0n) is 14.9. The summed E-state index contributed by atoms with van der Waals surface area (Å²) in [4.78, 5) is 32.5. The van der Waals surface area contributed by atoms with Gasteiger partial charge in [0.2, 0.25) is 0 Å². The van der Waals surface area contributed by atoms with Gasteiger partial charge in [-0.05, 0) is 17.5 Å². The minimum absolute atomic E-state index is 0.0489. The van der Waals surface area contributed by atoms with Crippen molar-refractivity contribution in [2.75, 3.05) is 26.2 Å². The molecule has 4 rings (SSSR count). The minimum Gasteiger partial charge on any atom is -0.335 e. The smallest absolute Gasteiger partial charge is 0.271 e. The lowest BCUT2D eigenvalue weighted by atomic mass is 10.3. The second-order valence-corrected chi connectivity index (χ2v) is 7.51. The largest absolute Gasteiger partial charge is 0.335 e. The van der Waals surface area contributed by atoms with E-state index in [1.807, 2.05) is 34.0 Å². The maximum absolute atomic E-state index is 12.4. The lowest BCUT2D eigenvalue weighted by Crippen LogP contribution is -2.48. The van der Waals surface area contributed by atoms with Crippen LogP contribution in [-0.4, -0.2) is 56.4 Å². The van der Waals surface area contributed by atoms with E-state index in [1.54, 1.807) is 6.07 Å². The fourth-order valence-electron chi connectivity index (χ4n) is 3.36. The Bertz CT molecular complexity index is 990. The number of piperazine rings is 1. The number of nitro benzene ring substituents is 1. The summed E-state index contributed by atoms with van der Waals surface area (Å²) in [7, 11) is 1.92. The summed E-state index contributed by atoms with van der Waals surface area (Å²) in [5, 5.41) is 12.9. The molecule has 0 saturated carbocycles. The molecule has 0 atom stereocenters. The molecule has 1 aliphatic rings. The number of fused-ring (bicyclic) bond motifs is 1. The van der Waals surface area contributed by atoms with Crippen molar-refractivity contribution in [2.45, 2.75) is 6.54 Å². The lowest BCUT2D eigenvalue weighted by Gasteiger charge is -2.34. The Morgan fingerprint density at radius 3 is 2.70 bits per heavy atom. The van der Waals surface area contributed by atoms with E-state index in [-0.39, 0.29) is 11.6 Å². The van der Waals surface area contributed by atoms with E-state index in [2.05, 4.69) is 9.88 Å². The SMILES string of the molecule is Cn1c(CN2CCN(C(=O)c3cccs3)CC2)nc2cc([N+](=O)[O-])ccc21. The molecule has 0 spiro atoms. The van der Waals surface area contributed by atoms with Crippen LogP contribution in [0.4, 0.5) is 5.69 Å². The van der Waals surface area contributed by atoms with Crippen LogP contribution in [0.5, 0.6) is 0 Å². The molecule has 1 amide bonds. The van der Waals surface area contributed by atoms with Crippen molar-refractivity contribution in [1.29, 1.82) is 0 Å². The molecule has 8 nitrogen and oxygen atoms in total. The van der Waals surface area contributed by atoms with Crippen molar-refractivity contribution in [3.05, 3.63) is 56.5 Å². The third-order valence-corrected chi connectivity index (χ3v) is 5.78. The predicted octanol–water partition coefficient (Wildman–Crippen LogP) is 2.50. The molecule has 0 radical (unpaired) electrons. The summed E-state index contributed by atoms with van der Waals surface area (Å²) in [6, 6.07) is 8.50. The van der Waals surface area contributed by atoms with Crippen LogP contribution in [0.15, 0.2) is 35.7 Å². The van der Waals surface area contributed by atoms with Crippen molar-refractivity contribution < 1.29 is 9.72 Å². The van der Waals surface area contributed by atoms with E-state index in [9.17, 15) is 14.9 Å². The Balaban J connectivity index is 1.44. The van der Waals surface area contributed by atoms with Crippen LogP contribution >= 0.6 is 11.3 Å². The number of carbonyl (C=O) groups excluding carboxylic acids is 1. The number of hydrogen-bond donors (Lipinski definition) is 0. The van der Waals surface area contributed by atoms with Crippen LogP contribution in [-0.2, 0) is 13.6 Å². The van der Waals surface area contributed by atoms with Gasteiger partial charge in [0.05, 0.1) is 27.4 Å². The molecule has 140 valence electrons. The molecular formula is C18H19N5O3S. The van der Waals surface area contributed by atoms with Crippen molar-refractivity contribution in [3.63, 3.8) is 0 Å². The summed E-state index contributed by atoms with van der Waals surface area (Å²) < 4.78 is 1.97. The molecule has 0 aliphatic carbocycles. The van der Waals surface area contributed by atoms with Crippen LogP contribution in [0.25, 0.3) is 11.0 Å². The van der Waals surface area contributed by atoms with E-state index in [4.69, 9.17) is 0 Å². The van der Waals surface area contributed by atoms with E-state index in [0.29, 0.717) is 25.2 Å². The summed E-state index contributed by atoms with van der Waals surface area (Å²) >= 11 is 1.47. The first-order valence-electron chi connectivity index (χ1n) is 8.68. The van der Waals surface area contributed by atoms with Gasteiger partial charge in [-0.15, -0.1) is 11.3 Å². The van der Waals surface area contributed by atoms with Gasteiger partial charge in [-0.3, -0.25) is 19.8 Å². The molecule has 0 N–H and O–H groups in total. The maximum Gasteiger partial charge on any atom is 0.271 e. The van der Waals surface area contributed by atoms with Crippen molar-refractivity contribution in [3.8, 4) is 0 Å². The first-order valence-corrected chi connectivity index (χ1v) is 9.56. The summed E-state index contributed by atoms with van der Waals surface area (Å²) in [5.41, 5.74) is 1.56. The molecule has 9 heteroatoms. The van der Waals surface area contributed by atoms with Crippen LogP contribution in [0.2, 0.25) is 0 Å². The quantitative estimate of drug-likeness (QED) is 0.509. The molecule has 27 heavy (non-hydrogen) atoms. The first-order chi connectivity index (χ1) is 13.0. The zero-order chi connectivity index (χ0) is 19.0. The van der Waals surface area contributed by atoms with E-state index in [0.717, 1.165) is 29.3 Å². The van der Waals surface area contributed by atoms with Crippen LogP contribution < -0.4 is 0 Å². The molecule has 2 aromatic heterocycles. The monoisotopic (exact) mass is 385 g/mol. The number of carbonyl (C=O) groups is 1. The van der Waals surface area contributed by atoms with Crippen LogP contribution in [0, 0.1) is 10.1 Å². The number of amides is 1. The normalized spacial score (nSPS) is 15.4. The Morgan fingerprint density at radius 2 is 2.04 bits per heavy atom. The number of nitrogens with zero attached hydrogens (tertiary/aromatic N) is 5. The van der Waals surface area contributed by atoms with Gasteiger partial charge in [-0.25, -0.2) is 4.98 Å². The van der Waals surface area contributed by atoms with Gasteiger partial charge >= 0.3 is 0 Å².